The second kappa shape index (κ2) is 3.59. The quantitative estimate of drug-likeness (QED) is 0.741. The summed E-state index contributed by atoms with van der Waals surface area (Å²) in [5, 5.41) is 4.37. The Kier molecular flexibility index (Phi) is 2.50. The minimum atomic E-state index is -0.126. The van der Waals surface area contributed by atoms with Crippen molar-refractivity contribution >= 4 is 5.91 Å². The van der Waals surface area contributed by atoms with Gasteiger partial charge >= 0.3 is 0 Å². The Morgan fingerprint density at radius 3 is 2.38 bits per heavy atom. The van der Waals surface area contributed by atoms with Gasteiger partial charge in [0.15, 0.2) is 0 Å². The first-order chi connectivity index (χ1) is 7.43. The molecule has 5 nitrogen and oxygen atoms in total. The van der Waals surface area contributed by atoms with Crippen molar-refractivity contribution in [3.63, 3.8) is 0 Å². The van der Waals surface area contributed by atoms with E-state index in [-0.39, 0.29) is 18.0 Å². The summed E-state index contributed by atoms with van der Waals surface area (Å²) in [6.45, 7) is 3.98. The molecule has 1 fully saturated rings. The number of carbonyl (C=O) groups is 1. The van der Waals surface area contributed by atoms with Crippen LogP contribution in [-0.4, -0.2) is 33.7 Å². The van der Waals surface area contributed by atoms with Gasteiger partial charge in [0.2, 0.25) is 5.91 Å². The summed E-state index contributed by atoms with van der Waals surface area (Å²) in [4.78, 5) is 13.4. The molecule has 1 amide bonds. The number of likely N-dealkylation sites (tertiary alicyclic amines) is 1. The van der Waals surface area contributed by atoms with E-state index >= 15 is 0 Å². The Balaban J connectivity index is 2.48. The topological polar surface area (TPSA) is 64.2 Å². The molecule has 1 aromatic heterocycles. The predicted molar refractivity (Wildman–Crippen MR) is 60.8 cm³/mol. The van der Waals surface area contributed by atoms with Crippen LogP contribution in [0.5, 0.6) is 0 Å². The molecule has 0 bridgehead atoms. The van der Waals surface area contributed by atoms with E-state index in [0.717, 1.165) is 17.0 Å². The molecule has 16 heavy (non-hydrogen) atoms. The van der Waals surface area contributed by atoms with Gasteiger partial charge in [0.25, 0.3) is 0 Å². The van der Waals surface area contributed by atoms with Crippen molar-refractivity contribution in [2.75, 3.05) is 7.05 Å². The van der Waals surface area contributed by atoms with Gasteiger partial charge in [-0.25, -0.2) is 0 Å². The number of likely N-dealkylation sites (N-methyl/N-ethyl adjacent to an activating group) is 1. The molecule has 88 valence electrons. The van der Waals surface area contributed by atoms with Crippen molar-refractivity contribution in [1.29, 1.82) is 0 Å². The lowest BCUT2D eigenvalue weighted by atomic mass is 9.99. The van der Waals surface area contributed by atoms with Crippen LogP contribution >= 0.6 is 0 Å². The summed E-state index contributed by atoms with van der Waals surface area (Å²) in [7, 11) is 3.72. The molecule has 2 N–H and O–H groups in total. The zero-order chi connectivity index (χ0) is 12.0. The second-order valence-electron chi connectivity index (χ2n) is 4.53. The zero-order valence-electron chi connectivity index (χ0n) is 10.2. The Bertz CT molecular complexity index is 437. The molecule has 2 heterocycles. The maximum atomic E-state index is 11.6. The SMILES string of the molecule is Cc1nn(C)c(C)c1[C@@H]1[C@H](N)CC(=O)N1C. The summed E-state index contributed by atoms with van der Waals surface area (Å²) >= 11 is 0. The average molecular weight is 222 g/mol. The van der Waals surface area contributed by atoms with Crippen LogP contribution in [-0.2, 0) is 11.8 Å². The van der Waals surface area contributed by atoms with Gasteiger partial charge in [-0.3, -0.25) is 9.48 Å². The largest absolute Gasteiger partial charge is 0.337 e. The minimum absolute atomic E-state index is 0.0267. The van der Waals surface area contributed by atoms with Gasteiger partial charge in [-0.2, -0.15) is 5.10 Å². The fraction of sp³-hybridized carbons (Fsp3) is 0.636. The van der Waals surface area contributed by atoms with Crippen molar-refractivity contribution in [2.45, 2.75) is 32.4 Å². The third-order valence-electron chi connectivity index (χ3n) is 3.49. The molecule has 0 unspecified atom stereocenters. The highest BCUT2D eigenvalue weighted by atomic mass is 16.2. The number of hydrogen-bond donors (Lipinski definition) is 1. The van der Waals surface area contributed by atoms with Crippen LogP contribution in [0.3, 0.4) is 0 Å². The van der Waals surface area contributed by atoms with E-state index in [1.807, 2.05) is 32.6 Å². The number of aryl methyl sites for hydroxylation is 2. The van der Waals surface area contributed by atoms with Crippen LogP contribution in [0.1, 0.15) is 29.4 Å². The van der Waals surface area contributed by atoms with Crippen LogP contribution in [0, 0.1) is 13.8 Å². The van der Waals surface area contributed by atoms with E-state index in [4.69, 9.17) is 5.73 Å². The lowest BCUT2D eigenvalue weighted by Gasteiger charge is -2.23. The molecule has 1 saturated heterocycles. The normalized spacial score (nSPS) is 25.6. The van der Waals surface area contributed by atoms with E-state index in [9.17, 15) is 4.79 Å². The first kappa shape index (κ1) is 11.1. The van der Waals surface area contributed by atoms with E-state index in [1.165, 1.54) is 0 Å². The van der Waals surface area contributed by atoms with Crippen molar-refractivity contribution in [2.24, 2.45) is 12.8 Å². The summed E-state index contributed by atoms with van der Waals surface area (Å²) in [5.41, 5.74) is 9.18. The highest BCUT2D eigenvalue weighted by molar-refractivity contribution is 5.80. The lowest BCUT2D eigenvalue weighted by molar-refractivity contribution is -0.127. The average Bonchev–Trinajstić information content (AvgIpc) is 2.57. The van der Waals surface area contributed by atoms with Gasteiger partial charge in [0, 0.05) is 37.8 Å². The fourth-order valence-electron chi connectivity index (χ4n) is 2.53. The lowest BCUT2D eigenvalue weighted by Crippen LogP contribution is -2.31. The van der Waals surface area contributed by atoms with Gasteiger partial charge in [-0.1, -0.05) is 0 Å². The number of nitrogens with two attached hydrogens (primary N) is 1. The highest BCUT2D eigenvalue weighted by Gasteiger charge is 2.38. The first-order valence-corrected chi connectivity index (χ1v) is 5.44. The molecule has 2 atom stereocenters. The second-order valence-corrected chi connectivity index (χ2v) is 4.53. The summed E-state index contributed by atoms with van der Waals surface area (Å²) < 4.78 is 1.84. The number of carbonyl (C=O) groups excluding carboxylic acids is 1. The number of amides is 1. The van der Waals surface area contributed by atoms with E-state index < -0.39 is 0 Å². The van der Waals surface area contributed by atoms with Gasteiger partial charge in [-0.05, 0) is 13.8 Å². The van der Waals surface area contributed by atoms with Crippen LogP contribution in [0.4, 0.5) is 0 Å². The number of rotatable bonds is 1. The monoisotopic (exact) mass is 222 g/mol. The molecule has 0 spiro atoms. The van der Waals surface area contributed by atoms with Gasteiger partial charge in [-0.15, -0.1) is 0 Å². The summed E-state index contributed by atoms with van der Waals surface area (Å²) in [5.74, 6) is 0.111. The molecule has 1 aliphatic rings. The van der Waals surface area contributed by atoms with E-state index in [0.29, 0.717) is 6.42 Å². The van der Waals surface area contributed by atoms with Crippen molar-refractivity contribution < 1.29 is 4.79 Å². The summed E-state index contributed by atoms with van der Waals surface area (Å²) in [6.07, 6.45) is 0.426. The van der Waals surface area contributed by atoms with Crippen LogP contribution in [0.2, 0.25) is 0 Å². The van der Waals surface area contributed by atoms with E-state index in [2.05, 4.69) is 5.10 Å². The van der Waals surface area contributed by atoms with Crippen molar-refractivity contribution in [1.82, 2.24) is 14.7 Å². The maximum absolute atomic E-state index is 11.6. The molecule has 0 aromatic carbocycles. The van der Waals surface area contributed by atoms with Crippen molar-refractivity contribution in [3.8, 4) is 0 Å². The van der Waals surface area contributed by atoms with Crippen molar-refractivity contribution in [3.05, 3.63) is 17.0 Å². The number of nitrogens with zero attached hydrogens (tertiary/aromatic N) is 3. The third kappa shape index (κ3) is 1.43. The highest BCUT2D eigenvalue weighted by Crippen LogP contribution is 2.33. The van der Waals surface area contributed by atoms with Gasteiger partial charge < -0.3 is 10.6 Å². The number of aromatic nitrogens is 2. The fourth-order valence-corrected chi connectivity index (χ4v) is 2.53. The molecule has 0 radical (unpaired) electrons. The van der Waals surface area contributed by atoms with Crippen LogP contribution in [0.25, 0.3) is 0 Å². The Morgan fingerprint density at radius 2 is 2.00 bits per heavy atom. The Hall–Kier alpha value is -1.36. The molecule has 5 heteroatoms. The Labute approximate surface area is 95.2 Å². The smallest absolute Gasteiger partial charge is 0.224 e. The molecule has 0 saturated carbocycles. The molecule has 1 aliphatic heterocycles. The summed E-state index contributed by atoms with van der Waals surface area (Å²) in [6, 6.07) is -0.153. The molecule has 0 aliphatic carbocycles. The third-order valence-corrected chi connectivity index (χ3v) is 3.49. The zero-order valence-corrected chi connectivity index (χ0v) is 10.2. The molecular formula is C11H18N4O. The molecule has 2 rings (SSSR count). The first-order valence-electron chi connectivity index (χ1n) is 5.44. The number of hydrogen-bond acceptors (Lipinski definition) is 3. The maximum Gasteiger partial charge on any atom is 0.224 e. The molecule has 1 aromatic rings. The Morgan fingerprint density at radius 1 is 1.38 bits per heavy atom. The van der Waals surface area contributed by atoms with Gasteiger partial charge in [0.1, 0.15) is 0 Å². The van der Waals surface area contributed by atoms with E-state index in [1.54, 1.807) is 4.90 Å². The molecular weight excluding hydrogens is 204 g/mol. The van der Waals surface area contributed by atoms with Crippen LogP contribution in [0.15, 0.2) is 0 Å². The standard InChI is InChI=1S/C11H18N4O/c1-6-10(7(2)15(4)13-6)11-8(12)5-9(16)14(11)3/h8,11H,5,12H2,1-4H3/t8-,11+/m1/s1. The van der Waals surface area contributed by atoms with Crippen LogP contribution < -0.4 is 5.73 Å². The predicted octanol–water partition coefficient (Wildman–Crippen LogP) is 0.267. The van der Waals surface area contributed by atoms with Gasteiger partial charge in [0.05, 0.1) is 11.7 Å². The minimum Gasteiger partial charge on any atom is -0.337 e.